The first-order valence-corrected chi connectivity index (χ1v) is 6.94. The van der Waals surface area contributed by atoms with Crippen molar-refractivity contribution >= 4 is 11.4 Å². The van der Waals surface area contributed by atoms with Crippen LogP contribution in [-0.4, -0.2) is 25.3 Å². The van der Waals surface area contributed by atoms with Gasteiger partial charge in [-0.05, 0) is 36.8 Å². The molecule has 0 radical (unpaired) electrons. The second-order valence-corrected chi connectivity index (χ2v) is 4.97. The molecule has 0 spiro atoms. The summed E-state index contributed by atoms with van der Waals surface area (Å²) >= 11 is 0. The van der Waals surface area contributed by atoms with E-state index in [1.165, 1.54) is 5.56 Å². The van der Waals surface area contributed by atoms with Gasteiger partial charge >= 0.3 is 0 Å². The first-order chi connectivity index (χ1) is 9.70. The van der Waals surface area contributed by atoms with Gasteiger partial charge in [0.1, 0.15) is 0 Å². The summed E-state index contributed by atoms with van der Waals surface area (Å²) in [5.74, 6) is 0. The highest BCUT2D eigenvalue weighted by molar-refractivity contribution is 5.55. The Morgan fingerprint density at radius 2 is 1.70 bits per heavy atom. The van der Waals surface area contributed by atoms with Crippen molar-refractivity contribution in [1.29, 1.82) is 0 Å². The van der Waals surface area contributed by atoms with Gasteiger partial charge in [0.15, 0.2) is 0 Å². The van der Waals surface area contributed by atoms with E-state index in [9.17, 15) is 0 Å². The first kappa shape index (κ1) is 14.4. The van der Waals surface area contributed by atoms with Crippen LogP contribution < -0.4 is 10.2 Å². The smallest absolute Gasteiger partial charge is 0.0606 e. The van der Waals surface area contributed by atoms with Crippen LogP contribution in [0.5, 0.6) is 0 Å². The van der Waals surface area contributed by atoms with E-state index in [1.807, 2.05) is 18.0 Å². The molecule has 2 aromatic rings. The van der Waals surface area contributed by atoms with E-state index in [2.05, 4.69) is 60.8 Å². The monoisotopic (exact) mass is 270 g/mol. The van der Waals surface area contributed by atoms with Crippen molar-refractivity contribution < 1.29 is 5.11 Å². The molecule has 0 bridgehead atoms. The van der Waals surface area contributed by atoms with Crippen LogP contribution in [0.2, 0.25) is 0 Å². The number of hydrogen-bond donors (Lipinski definition) is 2. The highest BCUT2D eigenvalue weighted by Crippen LogP contribution is 2.21. The maximum atomic E-state index is 8.94. The Morgan fingerprint density at radius 1 is 1.05 bits per heavy atom. The van der Waals surface area contributed by atoms with Gasteiger partial charge in [0.25, 0.3) is 0 Å². The fourth-order valence-corrected chi connectivity index (χ4v) is 2.17. The minimum atomic E-state index is 0.168. The molecule has 2 N–H and O–H groups in total. The molecule has 3 nitrogen and oxygen atoms in total. The molecule has 0 saturated carbocycles. The highest BCUT2D eigenvalue weighted by Gasteiger charge is 2.05. The van der Waals surface area contributed by atoms with E-state index in [0.29, 0.717) is 6.54 Å². The number of nitrogens with one attached hydrogen (secondary N) is 1. The predicted octanol–water partition coefficient (Wildman–Crippen LogP) is 3.29. The molecule has 0 amide bonds. The topological polar surface area (TPSA) is 35.5 Å². The van der Waals surface area contributed by atoms with Crippen LogP contribution in [0.3, 0.4) is 0 Å². The van der Waals surface area contributed by atoms with Gasteiger partial charge in [-0.3, -0.25) is 0 Å². The summed E-state index contributed by atoms with van der Waals surface area (Å²) in [6.45, 7) is 2.97. The molecule has 0 aliphatic heterocycles. The molecule has 1 unspecified atom stereocenters. The molecule has 20 heavy (non-hydrogen) atoms. The van der Waals surface area contributed by atoms with Crippen LogP contribution in [0.4, 0.5) is 11.4 Å². The number of likely N-dealkylation sites (N-methyl/N-ethyl adjacent to an activating group) is 1. The molecule has 0 aliphatic rings. The SMILES string of the molecule is CC(Nc1ccc(N(C)CCO)cc1)c1ccccc1. The van der Waals surface area contributed by atoms with Crippen LogP contribution in [0, 0.1) is 0 Å². The summed E-state index contributed by atoms with van der Waals surface area (Å²) < 4.78 is 0. The van der Waals surface area contributed by atoms with Crippen molar-refractivity contribution in [3.63, 3.8) is 0 Å². The number of aliphatic hydroxyl groups is 1. The summed E-state index contributed by atoms with van der Waals surface area (Å²) in [6, 6.07) is 18.9. The van der Waals surface area contributed by atoms with Gasteiger partial charge in [0, 0.05) is 31.0 Å². The lowest BCUT2D eigenvalue weighted by molar-refractivity contribution is 0.304. The Bertz CT molecular complexity index is 510. The summed E-state index contributed by atoms with van der Waals surface area (Å²) in [5, 5.41) is 12.4. The molecule has 2 rings (SSSR count). The van der Waals surface area contributed by atoms with Crippen LogP contribution in [0.15, 0.2) is 54.6 Å². The highest BCUT2D eigenvalue weighted by atomic mass is 16.3. The first-order valence-electron chi connectivity index (χ1n) is 6.94. The summed E-state index contributed by atoms with van der Waals surface area (Å²) in [6.07, 6.45) is 0. The lowest BCUT2D eigenvalue weighted by Gasteiger charge is -2.20. The predicted molar refractivity (Wildman–Crippen MR) is 85.3 cm³/mol. The number of benzene rings is 2. The molecular weight excluding hydrogens is 248 g/mol. The summed E-state index contributed by atoms with van der Waals surface area (Å²) in [4.78, 5) is 2.03. The third-order valence-corrected chi connectivity index (χ3v) is 3.43. The number of hydrogen-bond acceptors (Lipinski definition) is 3. The second kappa shape index (κ2) is 6.96. The molecule has 0 aromatic heterocycles. The number of aliphatic hydroxyl groups excluding tert-OH is 1. The molecule has 0 aliphatic carbocycles. The Hall–Kier alpha value is -2.00. The molecule has 1 atom stereocenters. The average molecular weight is 270 g/mol. The van der Waals surface area contributed by atoms with E-state index in [4.69, 9.17) is 5.11 Å². The van der Waals surface area contributed by atoms with Gasteiger partial charge in [-0.15, -0.1) is 0 Å². The van der Waals surface area contributed by atoms with Crippen molar-refractivity contribution in [2.24, 2.45) is 0 Å². The fourth-order valence-electron chi connectivity index (χ4n) is 2.17. The van der Waals surface area contributed by atoms with Crippen molar-refractivity contribution in [3.8, 4) is 0 Å². The van der Waals surface area contributed by atoms with Gasteiger partial charge in [0.2, 0.25) is 0 Å². The van der Waals surface area contributed by atoms with Gasteiger partial charge < -0.3 is 15.3 Å². The van der Waals surface area contributed by atoms with Gasteiger partial charge in [-0.2, -0.15) is 0 Å². The standard InChI is InChI=1S/C17H22N2O/c1-14(15-6-4-3-5-7-15)18-16-8-10-17(11-9-16)19(2)12-13-20/h3-11,14,18,20H,12-13H2,1-2H3. The summed E-state index contributed by atoms with van der Waals surface area (Å²) in [7, 11) is 1.98. The Labute approximate surface area is 120 Å². The zero-order chi connectivity index (χ0) is 14.4. The molecule has 2 aromatic carbocycles. The Morgan fingerprint density at radius 3 is 2.30 bits per heavy atom. The number of rotatable bonds is 6. The molecule has 0 saturated heterocycles. The third-order valence-electron chi connectivity index (χ3n) is 3.43. The number of anilines is 2. The van der Waals surface area contributed by atoms with Crippen molar-refractivity contribution in [3.05, 3.63) is 60.2 Å². The lowest BCUT2D eigenvalue weighted by atomic mass is 10.1. The summed E-state index contributed by atoms with van der Waals surface area (Å²) in [5.41, 5.74) is 3.48. The fraction of sp³-hybridized carbons (Fsp3) is 0.294. The minimum Gasteiger partial charge on any atom is -0.395 e. The van der Waals surface area contributed by atoms with E-state index < -0.39 is 0 Å². The van der Waals surface area contributed by atoms with Crippen molar-refractivity contribution in [2.45, 2.75) is 13.0 Å². The zero-order valence-electron chi connectivity index (χ0n) is 12.1. The van der Waals surface area contributed by atoms with E-state index in [1.54, 1.807) is 0 Å². The van der Waals surface area contributed by atoms with E-state index in [0.717, 1.165) is 11.4 Å². The van der Waals surface area contributed by atoms with Crippen LogP contribution >= 0.6 is 0 Å². The van der Waals surface area contributed by atoms with Crippen LogP contribution in [-0.2, 0) is 0 Å². The van der Waals surface area contributed by atoms with Crippen molar-refractivity contribution in [2.75, 3.05) is 30.4 Å². The maximum Gasteiger partial charge on any atom is 0.0606 e. The maximum absolute atomic E-state index is 8.94. The minimum absolute atomic E-state index is 0.168. The number of nitrogens with zero attached hydrogens (tertiary/aromatic N) is 1. The van der Waals surface area contributed by atoms with E-state index in [-0.39, 0.29) is 12.6 Å². The average Bonchev–Trinajstić information content (AvgIpc) is 2.49. The quantitative estimate of drug-likeness (QED) is 0.845. The van der Waals surface area contributed by atoms with Crippen molar-refractivity contribution in [1.82, 2.24) is 0 Å². The van der Waals surface area contributed by atoms with E-state index >= 15 is 0 Å². The molecule has 3 heteroatoms. The Kier molecular flexibility index (Phi) is 5.02. The normalized spacial score (nSPS) is 11.9. The largest absolute Gasteiger partial charge is 0.395 e. The van der Waals surface area contributed by atoms with Gasteiger partial charge in [-0.25, -0.2) is 0 Å². The Balaban J connectivity index is 2.00. The van der Waals surface area contributed by atoms with Gasteiger partial charge in [0.05, 0.1) is 6.61 Å². The van der Waals surface area contributed by atoms with Crippen LogP contribution in [0.1, 0.15) is 18.5 Å². The van der Waals surface area contributed by atoms with Crippen LogP contribution in [0.25, 0.3) is 0 Å². The second-order valence-electron chi connectivity index (χ2n) is 4.97. The molecular formula is C17H22N2O. The molecule has 0 fully saturated rings. The zero-order valence-corrected chi connectivity index (χ0v) is 12.1. The van der Waals surface area contributed by atoms with Gasteiger partial charge in [-0.1, -0.05) is 30.3 Å². The molecule has 0 heterocycles. The molecule has 106 valence electrons. The third kappa shape index (κ3) is 3.75. The lowest BCUT2D eigenvalue weighted by Crippen LogP contribution is -2.20.